The fraction of sp³-hybridized carbons (Fsp3) is 1.00. The van der Waals surface area contributed by atoms with E-state index in [2.05, 4.69) is 50.0 Å². The van der Waals surface area contributed by atoms with Gasteiger partial charge in [-0.2, -0.15) is 0 Å². The smallest absolute Gasteiger partial charge is 0.00194 e. The summed E-state index contributed by atoms with van der Waals surface area (Å²) in [4.78, 5) is 4.96. The molecule has 0 aromatic carbocycles. The van der Waals surface area contributed by atoms with Crippen LogP contribution in [0, 0.1) is 11.8 Å². The van der Waals surface area contributed by atoms with Crippen LogP contribution < -0.4 is 5.32 Å². The lowest BCUT2D eigenvalue weighted by molar-refractivity contribution is 0.239. The van der Waals surface area contributed by atoms with Gasteiger partial charge in [0.15, 0.2) is 0 Å². The van der Waals surface area contributed by atoms with E-state index in [1.807, 2.05) is 0 Å². The van der Waals surface area contributed by atoms with Gasteiger partial charge < -0.3 is 15.1 Å². The van der Waals surface area contributed by atoms with E-state index in [0.29, 0.717) is 6.04 Å². The first-order valence-electron chi connectivity index (χ1n) is 7.07. The van der Waals surface area contributed by atoms with Crippen molar-refractivity contribution in [2.45, 2.75) is 33.2 Å². The maximum atomic E-state index is 3.52. The minimum Gasteiger partial charge on any atom is -0.314 e. The molecule has 0 saturated carbocycles. The van der Waals surface area contributed by atoms with Crippen LogP contribution in [0.4, 0.5) is 0 Å². The van der Waals surface area contributed by atoms with Crippen LogP contribution in [0.25, 0.3) is 0 Å². The Bertz CT molecular complexity index is 206. The van der Waals surface area contributed by atoms with E-state index in [1.54, 1.807) is 0 Å². The van der Waals surface area contributed by atoms with Gasteiger partial charge in [0.05, 0.1) is 0 Å². The molecule has 17 heavy (non-hydrogen) atoms. The normalized spacial score (nSPS) is 23.8. The molecule has 2 unspecified atom stereocenters. The minimum atomic E-state index is 0.603. The molecule has 2 atom stereocenters. The quantitative estimate of drug-likeness (QED) is 0.729. The van der Waals surface area contributed by atoms with Crippen LogP contribution in [0.3, 0.4) is 0 Å². The van der Waals surface area contributed by atoms with Crippen LogP contribution in [0.5, 0.6) is 0 Å². The topological polar surface area (TPSA) is 18.5 Å². The zero-order chi connectivity index (χ0) is 12.8. The van der Waals surface area contributed by atoms with Crippen molar-refractivity contribution in [3.63, 3.8) is 0 Å². The summed E-state index contributed by atoms with van der Waals surface area (Å²) < 4.78 is 0. The molecule has 1 rings (SSSR count). The maximum Gasteiger partial charge on any atom is 0.00194 e. The summed E-state index contributed by atoms with van der Waals surface area (Å²) in [7, 11) is 4.50. The monoisotopic (exact) mass is 241 g/mol. The molecule has 0 aromatic heterocycles. The van der Waals surface area contributed by atoms with Crippen LogP contribution in [0.2, 0.25) is 0 Å². The van der Waals surface area contributed by atoms with E-state index in [9.17, 15) is 0 Å². The van der Waals surface area contributed by atoms with Crippen LogP contribution in [0.1, 0.15) is 27.2 Å². The van der Waals surface area contributed by atoms with Crippen molar-refractivity contribution in [2.75, 3.05) is 46.8 Å². The van der Waals surface area contributed by atoms with E-state index < -0.39 is 0 Å². The Morgan fingerprint density at radius 2 is 2.06 bits per heavy atom. The highest BCUT2D eigenvalue weighted by Crippen LogP contribution is 2.15. The highest BCUT2D eigenvalue weighted by atomic mass is 15.1. The molecule has 3 nitrogen and oxygen atoms in total. The molecule has 0 spiro atoms. The van der Waals surface area contributed by atoms with E-state index in [-0.39, 0.29) is 0 Å². The van der Waals surface area contributed by atoms with Crippen molar-refractivity contribution < 1.29 is 0 Å². The van der Waals surface area contributed by atoms with Crippen LogP contribution >= 0.6 is 0 Å². The van der Waals surface area contributed by atoms with Gasteiger partial charge in [-0.05, 0) is 45.4 Å². The second-order valence-electron chi connectivity index (χ2n) is 6.31. The van der Waals surface area contributed by atoms with Crippen LogP contribution in [0.15, 0.2) is 0 Å². The van der Waals surface area contributed by atoms with Gasteiger partial charge in [0.1, 0.15) is 0 Å². The molecule has 0 amide bonds. The summed E-state index contributed by atoms with van der Waals surface area (Å²) in [6.07, 6.45) is 1.37. The van der Waals surface area contributed by atoms with Gasteiger partial charge in [-0.3, -0.25) is 0 Å². The number of rotatable bonds is 7. The fourth-order valence-electron chi connectivity index (χ4n) is 2.72. The highest BCUT2D eigenvalue weighted by molar-refractivity contribution is 4.76. The Morgan fingerprint density at radius 1 is 1.35 bits per heavy atom. The summed E-state index contributed by atoms with van der Waals surface area (Å²) in [6, 6.07) is 0.603. The lowest BCUT2D eigenvalue weighted by Crippen LogP contribution is -2.36. The summed E-state index contributed by atoms with van der Waals surface area (Å²) in [5.41, 5.74) is 0. The van der Waals surface area contributed by atoms with Crippen LogP contribution in [-0.4, -0.2) is 62.7 Å². The number of nitrogens with one attached hydrogen (secondary N) is 1. The average molecular weight is 241 g/mol. The lowest BCUT2D eigenvalue weighted by atomic mass is 10.1. The Labute approximate surface area is 108 Å². The zero-order valence-corrected chi connectivity index (χ0v) is 12.4. The number of hydrogen-bond donors (Lipinski definition) is 1. The summed E-state index contributed by atoms with van der Waals surface area (Å²) in [5.74, 6) is 1.62. The zero-order valence-electron chi connectivity index (χ0n) is 12.4. The molecular formula is C14H31N3. The first kappa shape index (κ1) is 14.9. The molecule has 102 valence electrons. The van der Waals surface area contributed by atoms with E-state index in [0.717, 1.165) is 18.4 Å². The predicted molar refractivity (Wildman–Crippen MR) is 75.4 cm³/mol. The van der Waals surface area contributed by atoms with Gasteiger partial charge in [-0.1, -0.05) is 20.8 Å². The molecule has 0 bridgehead atoms. The van der Waals surface area contributed by atoms with Gasteiger partial charge >= 0.3 is 0 Å². The van der Waals surface area contributed by atoms with Gasteiger partial charge in [-0.15, -0.1) is 0 Å². The third-order valence-corrected chi connectivity index (χ3v) is 3.56. The number of likely N-dealkylation sites (tertiary alicyclic amines) is 1. The molecule has 0 aromatic rings. The van der Waals surface area contributed by atoms with Crippen molar-refractivity contribution in [1.29, 1.82) is 0 Å². The van der Waals surface area contributed by atoms with Crippen molar-refractivity contribution >= 4 is 0 Å². The second kappa shape index (κ2) is 7.34. The van der Waals surface area contributed by atoms with Gasteiger partial charge in [0.25, 0.3) is 0 Å². The van der Waals surface area contributed by atoms with Crippen molar-refractivity contribution in [3.05, 3.63) is 0 Å². The summed E-state index contributed by atoms with van der Waals surface area (Å²) in [6.45, 7) is 12.9. The van der Waals surface area contributed by atoms with Gasteiger partial charge in [0.2, 0.25) is 0 Å². The van der Waals surface area contributed by atoms with Gasteiger partial charge in [0, 0.05) is 25.7 Å². The molecular weight excluding hydrogens is 210 g/mol. The highest BCUT2D eigenvalue weighted by Gasteiger charge is 2.21. The second-order valence-corrected chi connectivity index (χ2v) is 6.31. The third kappa shape index (κ3) is 6.39. The maximum absolute atomic E-state index is 3.52. The molecule has 1 aliphatic heterocycles. The SMILES string of the molecule is CC(CNC(C)C)CN(C)CC1CCN(C)C1. The minimum absolute atomic E-state index is 0.603. The molecule has 1 saturated heterocycles. The summed E-state index contributed by atoms with van der Waals surface area (Å²) >= 11 is 0. The molecule has 0 radical (unpaired) electrons. The third-order valence-electron chi connectivity index (χ3n) is 3.56. The van der Waals surface area contributed by atoms with Crippen molar-refractivity contribution in [2.24, 2.45) is 11.8 Å². The molecule has 1 N–H and O–H groups in total. The van der Waals surface area contributed by atoms with E-state index in [4.69, 9.17) is 0 Å². The first-order valence-corrected chi connectivity index (χ1v) is 7.07. The average Bonchev–Trinajstić information content (AvgIpc) is 2.60. The van der Waals surface area contributed by atoms with Crippen molar-refractivity contribution in [3.8, 4) is 0 Å². The molecule has 3 heteroatoms. The molecule has 1 heterocycles. The first-order chi connectivity index (χ1) is 7.97. The molecule has 0 aliphatic carbocycles. The number of hydrogen-bond acceptors (Lipinski definition) is 3. The largest absolute Gasteiger partial charge is 0.314 e. The molecule has 1 aliphatic rings. The van der Waals surface area contributed by atoms with Crippen molar-refractivity contribution in [1.82, 2.24) is 15.1 Å². The van der Waals surface area contributed by atoms with E-state index >= 15 is 0 Å². The molecule has 1 fully saturated rings. The Kier molecular flexibility index (Phi) is 6.45. The number of nitrogens with zero attached hydrogens (tertiary/aromatic N) is 2. The van der Waals surface area contributed by atoms with Gasteiger partial charge in [-0.25, -0.2) is 0 Å². The fourth-order valence-corrected chi connectivity index (χ4v) is 2.72. The Balaban J connectivity index is 2.13. The summed E-state index contributed by atoms with van der Waals surface area (Å²) in [5, 5.41) is 3.52. The predicted octanol–water partition coefficient (Wildman–Crippen LogP) is 1.50. The Hall–Kier alpha value is -0.120. The Morgan fingerprint density at radius 3 is 2.59 bits per heavy atom. The lowest BCUT2D eigenvalue weighted by Gasteiger charge is -2.25. The standard InChI is InChI=1S/C14H31N3/c1-12(2)15-8-13(3)9-17(5)11-14-6-7-16(4)10-14/h12-15H,6-11H2,1-5H3. The van der Waals surface area contributed by atoms with Crippen LogP contribution in [-0.2, 0) is 0 Å². The van der Waals surface area contributed by atoms with E-state index in [1.165, 1.54) is 32.6 Å².